The van der Waals surface area contributed by atoms with Crippen molar-refractivity contribution in [3.63, 3.8) is 0 Å². The molecule has 1 N–H and O–H groups in total. The first-order valence-corrected chi connectivity index (χ1v) is 6.12. The smallest absolute Gasteiger partial charge is 0.000516 e. The Bertz CT molecular complexity index is 161. The molecular formula is C13H27N. The molecule has 0 aromatic heterocycles. The molecule has 0 unspecified atom stereocenters. The van der Waals surface area contributed by atoms with Crippen LogP contribution in [0.2, 0.25) is 0 Å². The highest BCUT2D eigenvalue weighted by atomic mass is 14.9. The molecule has 0 aliphatic heterocycles. The molecule has 1 heteroatoms. The van der Waals surface area contributed by atoms with E-state index in [9.17, 15) is 0 Å². The van der Waals surface area contributed by atoms with Crippen LogP contribution in [0.25, 0.3) is 0 Å². The topological polar surface area (TPSA) is 12.0 Å². The van der Waals surface area contributed by atoms with Crippen LogP contribution in [0.4, 0.5) is 0 Å². The number of rotatable bonds is 4. The normalized spacial score (nSPS) is 21.4. The van der Waals surface area contributed by atoms with E-state index in [1.54, 1.807) is 0 Å². The summed E-state index contributed by atoms with van der Waals surface area (Å²) in [6.45, 7) is 11.8. The van der Waals surface area contributed by atoms with Crippen LogP contribution in [0.3, 0.4) is 0 Å². The number of nitrogens with one attached hydrogen (secondary N) is 1. The maximum Gasteiger partial charge on any atom is 0.000516 e. The summed E-state index contributed by atoms with van der Waals surface area (Å²) >= 11 is 0. The fourth-order valence-electron chi connectivity index (χ4n) is 2.26. The van der Waals surface area contributed by atoms with Crippen LogP contribution in [0.1, 0.15) is 59.8 Å². The Kier molecular flexibility index (Phi) is 4.00. The van der Waals surface area contributed by atoms with Gasteiger partial charge in [0, 0.05) is 6.54 Å². The summed E-state index contributed by atoms with van der Waals surface area (Å²) in [6.07, 6.45) is 7.02. The molecule has 1 rings (SSSR count). The Hall–Kier alpha value is -0.0400. The maximum absolute atomic E-state index is 3.62. The van der Waals surface area contributed by atoms with Crippen molar-refractivity contribution in [2.24, 2.45) is 10.8 Å². The molecule has 1 aliphatic carbocycles. The molecule has 14 heavy (non-hydrogen) atoms. The fraction of sp³-hybridized carbons (Fsp3) is 1.00. The fourth-order valence-corrected chi connectivity index (χ4v) is 2.26. The molecule has 1 saturated carbocycles. The SMILES string of the molecule is CC(C)(C)CCNCC1(C)CCCC1. The van der Waals surface area contributed by atoms with Crippen molar-refractivity contribution in [2.45, 2.75) is 59.8 Å². The van der Waals surface area contributed by atoms with E-state index in [1.807, 2.05) is 0 Å². The standard InChI is InChI=1S/C13H27N/c1-12(2,3)9-10-14-11-13(4)7-5-6-8-13/h14H,5-11H2,1-4H3. The highest BCUT2D eigenvalue weighted by molar-refractivity contribution is 4.82. The van der Waals surface area contributed by atoms with Gasteiger partial charge in [-0.3, -0.25) is 0 Å². The number of hydrogen-bond donors (Lipinski definition) is 1. The van der Waals surface area contributed by atoms with E-state index in [1.165, 1.54) is 45.2 Å². The third-order valence-corrected chi connectivity index (χ3v) is 3.41. The molecule has 84 valence electrons. The van der Waals surface area contributed by atoms with E-state index in [0.717, 1.165) is 0 Å². The van der Waals surface area contributed by atoms with E-state index in [-0.39, 0.29) is 0 Å². The van der Waals surface area contributed by atoms with Gasteiger partial charge >= 0.3 is 0 Å². The zero-order chi connectivity index (χ0) is 10.7. The van der Waals surface area contributed by atoms with Gasteiger partial charge in [0.05, 0.1) is 0 Å². The highest BCUT2D eigenvalue weighted by Gasteiger charge is 2.27. The summed E-state index contributed by atoms with van der Waals surface area (Å²) < 4.78 is 0. The van der Waals surface area contributed by atoms with Gasteiger partial charge in [-0.1, -0.05) is 40.5 Å². The maximum atomic E-state index is 3.62. The van der Waals surface area contributed by atoms with Crippen molar-refractivity contribution < 1.29 is 0 Å². The minimum absolute atomic E-state index is 0.476. The van der Waals surface area contributed by atoms with Crippen LogP contribution >= 0.6 is 0 Å². The van der Waals surface area contributed by atoms with Crippen LogP contribution in [0, 0.1) is 10.8 Å². The molecule has 1 nitrogen and oxygen atoms in total. The molecule has 0 heterocycles. The van der Waals surface area contributed by atoms with Gasteiger partial charge in [-0.05, 0) is 36.6 Å². The van der Waals surface area contributed by atoms with Gasteiger partial charge in [-0.2, -0.15) is 0 Å². The highest BCUT2D eigenvalue weighted by Crippen LogP contribution is 2.36. The van der Waals surface area contributed by atoms with E-state index >= 15 is 0 Å². The Balaban J connectivity index is 2.09. The summed E-state index contributed by atoms with van der Waals surface area (Å²) in [5.74, 6) is 0. The molecule has 0 spiro atoms. The van der Waals surface area contributed by atoms with Gasteiger partial charge in [0.2, 0.25) is 0 Å². The predicted molar refractivity (Wildman–Crippen MR) is 63.5 cm³/mol. The Morgan fingerprint density at radius 2 is 1.71 bits per heavy atom. The first-order valence-electron chi connectivity index (χ1n) is 6.12. The lowest BCUT2D eigenvalue weighted by Crippen LogP contribution is -2.31. The summed E-state index contributed by atoms with van der Waals surface area (Å²) in [5.41, 5.74) is 1.08. The van der Waals surface area contributed by atoms with E-state index in [4.69, 9.17) is 0 Å². The molecule has 1 aliphatic rings. The molecule has 1 fully saturated rings. The van der Waals surface area contributed by atoms with Crippen LogP contribution < -0.4 is 5.32 Å². The molecule has 0 radical (unpaired) electrons. The third-order valence-electron chi connectivity index (χ3n) is 3.41. The second-order valence-corrected chi connectivity index (χ2v) is 6.51. The van der Waals surface area contributed by atoms with Crippen molar-refractivity contribution in [1.82, 2.24) is 5.32 Å². The average molecular weight is 197 g/mol. The largest absolute Gasteiger partial charge is 0.316 e. The first kappa shape index (κ1) is 12.0. The van der Waals surface area contributed by atoms with Crippen molar-refractivity contribution >= 4 is 0 Å². The van der Waals surface area contributed by atoms with E-state index in [2.05, 4.69) is 33.0 Å². The van der Waals surface area contributed by atoms with E-state index in [0.29, 0.717) is 10.8 Å². The lowest BCUT2D eigenvalue weighted by atomic mass is 9.88. The Morgan fingerprint density at radius 1 is 1.14 bits per heavy atom. The summed E-state index contributed by atoms with van der Waals surface area (Å²) in [6, 6.07) is 0. The third kappa shape index (κ3) is 4.45. The van der Waals surface area contributed by atoms with Gasteiger partial charge in [-0.15, -0.1) is 0 Å². The average Bonchev–Trinajstić information content (AvgIpc) is 2.45. The van der Waals surface area contributed by atoms with Gasteiger partial charge in [0.15, 0.2) is 0 Å². The van der Waals surface area contributed by atoms with Crippen molar-refractivity contribution in [1.29, 1.82) is 0 Å². The molecule has 0 bridgehead atoms. The summed E-state index contributed by atoms with van der Waals surface area (Å²) in [4.78, 5) is 0. The summed E-state index contributed by atoms with van der Waals surface area (Å²) in [7, 11) is 0. The minimum Gasteiger partial charge on any atom is -0.316 e. The molecule has 0 aromatic rings. The van der Waals surface area contributed by atoms with Crippen LogP contribution in [0.5, 0.6) is 0 Å². The quantitative estimate of drug-likeness (QED) is 0.679. The van der Waals surface area contributed by atoms with Gasteiger partial charge in [0.1, 0.15) is 0 Å². The van der Waals surface area contributed by atoms with Crippen molar-refractivity contribution in [3.8, 4) is 0 Å². The second kappa shape index (κ2) is 4.65. The molecule has 0 atom stereocenters. The van der Waals surface area contributed by atoms with Gasteiger partial charge < -0.3 is 5.32 Å². The van der Waals surface area contributed by atoms with Crippen molar-refractivity contribution in [2.75, 3.05) is 13.1 Å². The second-order valence-electron chi connectivity index (χ2n) is 6.51. The predicted octanol–water partition coefficient (Wildman–Crippen LogP) is 3.59. The minimum atomic E-state index is 0.476. The Morgan fingerprint density at radius 3 is 2.21 bits per heavy atom. The van der Waals surface area contributed by atoms with Crippen LogP contribution in [-0.4, -0.2) is 13.1 Å². The van der Waals surface area contributed by atoms with Gasteiger partial charge in [-0.25, -0.2) is 0 Å². The monoisotopic (exact) mass is 197 g/mol. The molecular weight excluding hydrogens is 170 g/mol. The molecule has 0 amide bonds. The van der Waals surface area contributed by atoms with E-state index < -0.39 is 0 Å². The lowest BCUT2D eigenvalue weighted by molar-refractivity contribution is 0.297. The number of hydrogen-bond acceptors (Lipinski definition) is 1. The Labute approximate surface area is 89.7 Å². The molecule has 0 saturated heterocycles. The van der Waals surface area contributed by atoms with Crippen LogP contribution in [0.15, 0.2) is 0 Å². The van der Waals surface area contributed by atoms with Crippen molar-refractivity contribution in [3.05, 3.63) is 0 Å². The zero-order valence-electron chi connectivity index (χ0n) is 10.4. The molecule has 0 aromatic carbocycles. The lowest BCUT2D eigenvalue weighted by Gasteiger charge is -2.25. The first-order chi connectivity index (χ1) is 6.41. The zero-order valence-corrected chi connectivity index (χ0v) is 10.4. The summed E-state index contributed by atoms with van der Waals surface area (Å²) in [5, 5.41) is 3.62. The van der Waals surface area contributed by atoms with Gasteiger partial charge in [0.25, 0.3) is 0 Å². The van der Waals surface area contributed by atoms with Crippen LogP contribution in [-0.2, 0) is 0 Å².